The van der Waals surface area contributed by atoms with E-state index in [4.69, 9.17) is 59.8 Å². The molecule has 0 radical (unpaired) electrons. The third kappa shape index (κ3) is 17.6. The molecule has 662 valence electrons. The molecule has 140 heavy (non-hydrogen) atoms. The molecule has 13 heteroatoms. The molecule has 0 saturated carbocycles. The number of aromatic nitrogens is 13. The van der Waals surface area contributed by atoms with Crippen LogP contribution in [0.15, 0.2) is 449 Å². The maximum atomic E-state index is 5.13. The van der Waals surface area contributed by atoms with E-state index in [0.717, 1.165) is 146 Å². The lowest BCUT2D eigenvalue weighted by Gasteiger charge is -2.29. The van der Waals surface area contributed by atoms with Crippen LogP contribution in [0, 0.1) is 27.7 Å². The van der Waals surface area contributed by atoms with Gasteiger partial charge in [0.15, 0.2) is 52.4 Å². The molecule has 6 heterocycles. The topological polar surface area (TPSA) is 168 Å². The number of nitrogens with zero attached hydrogens (tertiary/aromatic N) is 13. The van der Waals surface area contributed by atoms with E-state index in [1.807, 2.05) is 221 Å². The van der Waals surface area contributed by atoms with E-state index in [0.29, 0.717) is 52.4 Å². The number of rotatable bonds is 15. The van der Waals surface area contributed by atoms with Crippen LogP contribution in [0.3, 0.4) is 0 Å². The van der Waals surface area contributed by atoms with Gasteiger partial charge in [-0.15, -0.1) is 0 Å². The standard InChI is InChI=1S/C45H33N5.2C41H28N4/c1-28-29(2)47-42-27-32(21-22-41(42)46-28)34-23-35(40-26-33-17-9-10-18-37(33)38-19-11-12-20-39(38)40)25-36(24-34)45-49-43(30-13-5-3-6-14-30)48-44(50-45)31-15-7-4-8-16-31;1-27-13-12-22-38(42-27)32-23-31(37-26-30-18-8-9-19-34(30)35-20-10-11-21-36(35)37)24-33(25-32)41-44-39(28-14-4-2-5-15-28)43-40(45-41)29-16-6-3-7-17-29;1-27-34(21-12-22-42-27)31-23-32(38-26-30-17-8-9-18-35(30)36-19-10-11-20-37(36)38)25-33(24-31)41-44-39(28-13-4-2-5-14-28)43-40(45-41)29-15-6-3-7-16-29/h3-25,27,40H,26H2,1-2H3;2*2-26H,1H3. The van der Waals surface area contributed by atoms with Gasteiger partial charge in [-0.25, -0.2) is 54.8 Å². The van der Waals surface area contributed by atoms with Crippen molar-refractivity contribution in [2.45, 2.75) is 40.0 Å². The number of fused-ring (bicyclic) bond motifs is 10. The van der Waals surface area contributed by atoms with Crippen molar-refractivity contribution in [1.82, 2.24) is 64.8 Å². The van der Waals surface area contributed by atoms with Gasteiger partial charge >= 0.3 is 0 Å². The zero-order chi connectivity index (χ0) is 93.9. The van der Waals surface area contributed by atoms with Crippen molar-refractivity contribution >= 4 is 54.1 Å². The third-order valence-corrected chi connectivity index (χ3v) is 26.2. The van der Waals surface area contributed by atoms with Crippen molar-refractivity contribution < 1.29 is 0 Å². The van der Waals surface area contributed by atoms with Crippen LogP contribution >= 0.6 is 0 Å². The average Bonchev–Trinajstić information content (AvgIpc) is 0.757. The molecule has 0 aliphatic heterocycles. The van der Waals surface area contributed by atoms with Gasteiger partial charge in [0, 0.05) is 84.7 Å². The van der Waals surface area contributed by atoms with Gasteiger partial charge in [0.1, 0.15) is 0 Å². The number of pyridine rings is 2. The van der Waals surface area contributed by atoms with Gasteiger partial charge in [-0.1, -0.05) is 352 Å². The average molecular weight is 1800 g/mol. The van der Waals surface area contributed by atoms with Crippen LogP contribution in [0.2, 0.25) is 0 Å². The van der Waals surface area contributed by atoms with E-state index in [9.17, 15) is 0 Å². The van der Waals surface area contributed by atoms with Gasteiger partial charge in [0.2, 0.25) is 0 Å². The molecule has 0 fully saturated rings. The van der Waals surface area contributed by atoms with Crippen molar-refractivity contribution in [1.29, 1.82) is 0 Å². The molecule has 18 aromatic carbocycles. The lowest BCUT2D eigenvalue weighted by Crippen LogP contribution is -2.13. The minimum atomic E-state index is 0.147. The summed E-state index contributed by atoms with van der Waals surface area (Å²) < 4.78 is 0. The molecule has 25 rings (SSSR count). The molecule has 0 bridgehead atoms. The Kier molecular flexibility index (Phi) is 23.2. The SMILES string of the molecule is Cc1cccc(-c2cc(-c3nc(-c4ccccc4)nc(-c4ccccc4)n3)cc(-c3cc4ccccc4c4ccccc34)c2)n1.Cc1nc2ccc(-c3cc(-c4nc(-c5ccccc5)nc(-c5ccccc5)n4)cc(C4Cc5ccccc5-c5ccccc54)c3)cc2nc1C.Cc1ncccc1-c1cc(-c2nc(-c3ccccc3)nc(-c3ccccc3)n2)cc(-c2cc3ccccc3c3ccccc23)c1. The monoisotopic (exact) mass is 1800 g/mol. The number of benzene rings is 18. The molecule has 24 aromatic rings. The fourth-order valence-corrected chi connectivity index (χ4v) is 19.2. The van der Waals surface area contributed by atoms with Crippen LogP contribution in [0.25, 0.3) is 224 Å². The summed E-state index contributed by atoms with van der Waals surface area (Å²) in [5.74, 6) is 5.86. The molecule has 0 amide bonds. The molecular weight excluding hydrogens is 1710 g/mol. The minimum absolute atomic E-state index is 0.147. The van der Waals surface area contributed by atoms with Crippen molar-refractivity contribution in [2.24, 2.45) is 0 Å². The summed E-state index contributed by atoms with van der Waals surface area (Å²) in [7, 11) is 0. The summed E-state index contributed by atoms with van der Waals surface area (Å²) in [4.78, 5) is 64.5. The zero-order valence-electron chi connectivity index (χ0n) is 77.3. The predicted molar refractivity (Wildman–Crippen MR) is 571 cm³/mol. The van der Waals surface area contributed by atoms with Gasteiger partial charge in [-0.2, -0.15) is 0 Å². The van der Waals surface area contributed by atoms with Crippen LogP contribution in [0.5, 0.6) is 0 Å². The Morgan fingerprint density at radius 1 is 0.193 bits per heavy atom. The largest absolute Gasteiger partial charge is 0.261 e. The first-order valence-electron chi connectivity index (χ1n) is 47.2. The van der Waals surface area contributed by atoms with Gasteiger partial charge in [0.25, 0.3) is 0 Å². The molecule has 1 unspecified atom stereocenters. The lowest BCUT2D eigenvalue weighted by molar-refractivity contribution is 0.794. The Balaban J connectivity index is 0.000000117. The first-order valence-corrected chi connectivity index (χ1v) is 47.2. The number of hydrogen-bond acceptors (Lipinski definition) is 13. The highest BCUT2D eigenvalue weighted by Crippen LogP contribution is 2.47. The van der Waals surface area contributed by atoms with Crippen LogP contribution < -0.4 is 0 Å². The van der Waals surface area contributed by atoms with Crippen LogP contribution in [-0.4, -0.2) is 64.8 Å². The van der Waals surface area contributed by atoms with Crippen molar-refractivity contribution in [3.63, 3.8) is 0 Å². The molecule has 1 aliphatic carbocycles. The summed E-state index contributed by atoms with van der Waals surface area (Å²) in [6.07, 6.45) is 2.74. The molecule has 1 atom stereocenters. The van der Waals surface area contributed by atoms with E-state index < -0.39 is 0 Å². The Hall–Kier alpha value is -18.3. The second kappa shape index (κ2) is 37.9. The normalized spacial score (nSPS) is 12.0. The van der Waals surface area contributed by atoms with E-state index in [2.05, 4.69) is 261 Å². The Labute approximate surface area is 811 Å². The van der Waals surface area contributed by atoms with Crippen LogP contribution in [0.4, 0.5) is 0 Å². The molecule has 0 N–H and O–H groups in total. The van der Waals surface area contributed by atoms with Crippen molar-refractivity contribution in [3.8, 4) is 169 Å². The fourth-order valence-electron chi connectivity index (χ4n) is 19.2. The summed E-state index contributed by atoms with van der Waals surface area (Å²) in [5, 5.41) is 9.74. The van der Waals surface area contributed by atoms with E-state index in [1.54, 1.807) is 0 Å². The summed E-state index contributed by atoms with van der Waals surface area (Å²) >= 11 is 0. The smallest absolute Gasteiger partial charge is 0.164 e. The van der Waals surface area contributed by atoms with E-state index in [-0.39, 0.29) is 5.92 Å². The molecule has 0 saturated heterocycles. The Morgan fingerprint density at radius 2 is 0.543 bits per heavy atom. The summed E-state index contributed by atoms with van der Waals surface area (Å²) in [6.45, 7) is 8.10. The van der Waals surface area contributed by atoms with Gasteiger partial charge in [-0.3, -0.25) is 9.97 Å². The van der Waals surface area contributed by atoms with Crippen molar-refractivity contribution in [2.75, 3.05) is 0 Å². The second-order valence-electron chi connectivity index (χ2n) is 35.3. The maximum Gasteiger partial charge on any atom is 0.164 e. The van der Waals surface area contributed by atoms with Gasteiger partial charge < -0.3 is 0 Å². The van der Waals surface area contributed by atoms with Crippen molar-refractivity contribution in [3.05, 3.63) is 489 Å². The molecule has 0 spiro atoms. The summed E-state index contributed by atoms with van der Waals surface area (Å²) in [6, 6.07) is 154. The fraction of sp³-hybridized carbons (Fsp3) is 0.0472. The highest BCUT2D eigenvalue weighted by molar-refractivity contribution is 6.15. The molecule has 13 nitrogen and oxygen atoms in total. The quantitative estimate of drug-likeness (QED) is 0.0890. The highest BCUT2D eigenvalue weighted by atomic mass is 15.1. The molecule has 6 aromatic heterocycles. The Bertz CT molecular complexity index is 8660. The first kappa shape index (κ1) is 85.8. The van der Waals surface area contributed by atoms with E-state index in [1.165, 1.54) is 70.9 Å². The lowest BCUT2D eigenvalue weighted by atomic mass is 9.75. The zero-order valence-corrected chi connectivity index (χ0v) is 77.3. The van der Waals surface area contributed by atoms with Gasteiger partial charge in [0.05, 0.1) is 28.1 Å². The predicted octanol–water partition coefficient (Wildman–Crippen LogP) is 30.9. The number of aryl methyl sites for hydroxylation is 4. The maximum absolute atomic E-state index is 5.13. The minimum Gasteiger partial charge on any atom is -0.261 e. The molecular formula is C127H89N13. The highest BCUT2D eigenvalue weighted by Gasteiger charge is 2.29. The molecule has 1 aliphatic rings. The van der Waals surface area contributed by atoms with E-state index >= 15 is 0 Å². The summed E-state index contributed by atoms with van der Waals surface area (Å²) in [5.41, 5.74) is 31.2. The Morgan fingerprint density at radius 3 is 1.01 bits per heavy atom. The van der Waals surface area contributed by atoms with Crippen LogP contribution in [0.1, 0.15) is 45.4 Å². The van der Waals surface area contributed by atoms with Crippen LogP contribution in [-0.2, 0) is 6.42 Å². The number of hydrogen-bond donors (Lipinski definition) is 0. The second-order valence-corrected chi connectivity index (χ2v) is 35.3. The van der Waals surface area contributed by atoms with Gasteiger partial charge in [-0.05, 0) is 235 Å². The first-order chi connectivity index (χ1) is 69.0. The third-order valence-electron chi connectivity index (χ3n) is 26.2.